The van der Waals surface area contributed by atoms with Gasteiger partial charge in [0.25, 0.3) is 0 Å². The van der Waals surface area contributed by atoms with Crippen molar-refractivity contribution in [2.24, 2.45) is 11.8 Å². The summed E-state index contributed by atoms with van der Waals surface area (Å²) in [5.74, 6) is 0.888. The van der Waals surface area contributed by atoms with E-state index in [9.17, 15) is 18.0 Å². The summed E-state index contributed by atoms with van der Waals surface area (Å²) in [5, 5.41) is 3.65. The molecule has 5 rings (SSSR count). The molecule has 0 unspecified atom stereocenters. The zero-order valence-corrected chi connectivity index (χ0v) is 21.5. The molecule has 4 aliphatic rings. The van der Waals surface area contributed by atoms with Crippen LogP contribution in [0.2, 0.25) is 0 Å². The molecule has 5 nitrogen and oxygen atoms in total. The van der Waals surface area contributed by atoms with Crippen LogP contribution in [0.1, 0.15) is 76.3 Å². The fraction of sp³-hybridized carbons (Fsp3) is 0.750. The minimum absolute atomic E-state index is 0.145. The number of nitrogens with one attached hydrogen (secondary N) is 1. The zero-order valence-electron chi connectivity index (χ0n) is 21.5. The summed E-state index contributed by atoms with van der Waals surface area (Å²) >= 11 is 0. The minimum Gasteiger partial charge on any atom is -0.353 e. The van der Waals surface area contributed by atoms with Crippen LogP contribution in [0.25, 0.3) is 0 Å². The number of hydrogen-bond donors (Lipinski definition) is 1. The second-order valence-electron chi connectivity index (χ2n) is 11.7. The number of hydrogen-bond acceptors (Lipinski definition) is 4. The van der Waals surface area contributed by atoms with Crippen LogP contribution in [0.4, 0.5) is 13.2 Å². The fourth-order valence-corrected chi connectivity index (χ4v) is 7.09. The number of nitrogens with zero attached hydrogens (tertiary/aromatic N) is 2. The number of halogens is 3. The largest absolute Gasteiger partial charge is 0.416 e. The lowest BCUT2D eigenvalue weighted by molar-refractivity contribution is -0.192. The predicted octanol–water partition coefficient (Wildman–Crippen LogP) is 5.19. The van der Waals surface area contributed by atoms with Gasteiger partial charge >= 0.3 is 6.18 Å². The van der Waals surface area contributed by atoms with Crippen molar-refractivity contribution in [2.45, 2.75) is 102 Å². The van der Waals surface area contributed by atoms with Crippen molar-refractivity contribution in [3.8, 4) is 0 Å². The molecule has 1 saturated carbocycles. The van der Waals surface area contributed by atoms with Gasteiger partial charge in [0, 0.05) is 37.5 Å². The number of rotatable bonds is 6. The van der Waals surface area contributed by atoms with Gasteiger partial charge in [-0.2, -0.15) is 13.2 Å². The first kappa shape index (κ1) is 26.0. The molecule has 200 valence electrons. The summed E-state index contributed by atoms with van der Waals surface area (Å²) in [6, 6.07) is 6.53. The van der Waals surface area contributed by atoms with E-state index in [-0.39, 0.29) is 11.9 Å². The Bertz CT molecular complexity index is 916. The average molecular weight is 508 g/mol. The molecular formula is C28H40F3N3O2. The molecule has 3 aliphatic heterocycles. The van der Waals surface area contributed by atoms with Crippen molar-refractivity contribution in [3.05, 3.63) is 35.4 Å². The molecule has 1 spiro atoms. The summed E-state index contributed by atoms with van der Waals surface area (Å²) in [7, 11) is 0. The quantitative estimate of drug-likeness (QED) is 0.576. The van der Waals surface area contributed by atoms with Crippen LogP contribution >= 0.6 is 0 Å². The van der Waals surface area contributed by atoms with Crippen LogP contribution in [-0.2, 0) is 22.3 Å². The Balaban J connectivity index is 1.34. The van der Waals surface area contributed by atoms with E-state index in [0.29, 0.717) is 43.5 Å². The third-order valence-electron chi connectivity index (χ3n) is 9.07. The smallest absolute Gasteiger partial charge is 0.353 e. The van der Waals surface area contributed by atoms with Gasteiger partial charge in [0.2, 0.25) is 5.91 Å². The Morgan fingerprint density at radius 2 is 1.94 bits per heavy atom. The maximum Gasteiger partial charge on any atom is 0.416 e. The lowest BCUT2D eigenvalue weighted by atomic mass is 9.72. The van der Waals surface area contributed by atoms with Crippen LogP contribution in [0.5, 0.6) is 0 Å². The molecule has 1 N–H and O–H groups in total. The van der Waals surface area contributed by atoms with Crippen LogP contribution in [0.15, 0.2) is 24.3 Å². The van der Waals surface area contributed by atoms with E-state index >= 15 is 0 Å². The number of piperidine rings is 2. The zero-order chi connectivity index (χ0) is 25.5. The fourth-order valence-electron chi connectivity index (χ4n) is 7.09. The van der Waals surface area contributed by atoms with E-state index in [2.05, 4.69) is 29.0 Å². The normalized spacial score (nSPS) is 33.2. The Hall–Kier alpha value is -1.64. The molecule has 3 heterocycles. The molecule has 0 radical (unpaired) electrons. The van der Waals surface area contributed by atoms with E-state index < -0.39 is 17.5 Å². The first-order valence-corrected chi connectivity index (χ1v) is 13.8. The molecule has 4 fully saturated rings. The van der Waals surface area contributed by atoms with Gasteiger partial charge in [-0.25, -0.2) is 0 Å². The molecule has 1 amide bonds. The van der Waals surface area contributed by atoms with Crippen molar-refractivity contribution in [2.75, 3.05) is 19.7 Å². The number of carbonyl (C=O) groups excluding carboxylic acids is 1. The highest BCUT2D eigenvalue weighted by Gasteiger charge is 2.59. The summed E-state index contributed by atoms with van der Waals surface area (Å²) in [6.07, 6.45) is 3.37. The van der Waals surface area contributed by atoms with Crippen molar-refractivity contribution >= 4 is 5.91 Å². The summed E-state index contributed by atoms with van der Waals surface area (Å²) in [5.41, 5.74) is -0.155. The van der Waals surface area contributed by atoms with Crippen LogP contribution in [-0.4, -0.2) is 59.3 Å². The van der Waals surface area contributed by atoms with E-state index in [1.165, 1.54) is 25.0 Å². The summed E-state index contributed by atoms with van der Waals surface area (Å²) in [4.78, 5) is 17.6. The lowest BCUT2D eigenvalue weighted by Gasteiger charge is -2.54. The highest BCUT2D eigenvalue weighted by molar-refractivity contribution is 5.78. The van der Waals surface area contributed by atoms with Crippen molar-refractivity contribution in [3.63, 3.8) is 0 Å². The molecule has 1 aromatic rings. The Labute approximate surface area is 212 Å². The van der Waals surface area contributed by atoms with Crippen molar-refractivity contribution < 1.29 is 22.7 Å². The SMILES string of the molecule is CC(C)[C@H]1CO[C@]23CC[C@H](N(Cc4ccc(C(F)(F)F)cc4)C[C@@H]4CCCCN4)C[C@H]2CCC(=O)N13. The molecule has 8 heteroatoms. The van der Waals surface area contributed by atoms with Crippen LogP contribution in [0.3, 0.4) is 0 Å². The molecule has 0 bridgehead atoms. The first-order chi connectivity index (χ1) is 17.2. The Morgan fingerprint density at radius 1 is 1.17 bits per heavy atom. The number of amides is 1. The second-order valence-corrected chi connectivity index (χ2v) is 11.7. The number of ether oxygens (including phenoxy) is 1. The topological polar surface area (TPSA) is 44.8 Å². The van der Waals surface area contributed by atoms with Crippen LogP contribution < -0.4 is 5.32 Å². The van der Waals surface area contributed by atoms with E-state index in [1.54, 1.807) is 12.1 Å². The van der Waals surface area contributed by atoms with Gasteiger partial charge in [-0.1, -0.05) is 32.4 Å². The molecule has 5 atom stereocenters. The van der Waals surface area contributed by atoms with Gasteiger partial charge in [-0.3, -0.25) is 9.69 Å². The maximum absolute atomic E-state index is 13.1. The molecule has 1 aliphatic carbocycles. The minimum atomic E-state index is -4.32. The predicted molar refractivity (Wildman–Crippen MR) is 132 cm³/mol. The summed E-state index contributed by atoms with van der Waals surface area (Å²) in [6.45, 7) is 7.50. The van der Waals surface area contributed by atoms with E-state index in [1.807, 2.05) is 0 Å². The highest BCUT2D eigenvalue weighted by Crippen LogP contribution is 2.51. The third kappa shape index (κ3) is 5.05. The number of benzene rings is 1. The molecule has 0 aromatic heterocycles. The number of alkyl halides is 3. The van der Waals surface area contributed by atoms with Crippen molar-refractivity contribution in [1.82, 2.24) is 15.1 Å². The Morgan fingerprint density at radius 3 is 2.61 bits per heavy atom. The van der Waals surface area contributed by atoms with Crippen LogP contribution in [0, 0.1) is 11.8 Å². The third-order valence-corrected chi connectivity index (χ3v) is 9.07. The van der Waals surface area contributed by atoms with Gasteiger partial charge in [-0.05, 0) is 68.7 Å². The van der Waals surface area contributed by atoms with Gasteiger partial charge in [0.05, 0.1) is 18.2 Å². The Kier molecular flexibility index (Phi) is 7.40. The van der Waals surface area contributed by atoms with Crippen molar-refractivity contribution in [1.29, 1.82) is 0 Å². The van der Waals surface area contributed by atoms with Gasteiger partial charge in [0.15, 0.2) is 0 Å². The number of carbonyl (C=O) groups is 1. The molecule has 1 aromatic carbocycles. The standard InChI is InChI=1S/C28H40F3N3O2/c1-19(2)25-18-36-27-13-12-24(15-22(27)10-11-26(35)34(25)27)33(17-23-5-3-4-14-32-23)16-20-6-8-21(9-7-20)28(29,30)31/h6-9,19,22-25,32H,3-5,10-18H2,1-2H3/t22-,23+,24+,25-,27-/m1/s1. The van der Waals surface area contributed by atoms with Gasteiger partial charge < -0.3 is 15.0 Å². The molecule has 3 saturated heterocycles. The monoisotopic (exact) mass is 507 g/mol. The maximum atomic E-state index is 13.1. The van der Waals surface area contributed by atoms with E-state index in [4.69, 9.17) is 4.74 Å². The highest BCUT2D eigenvalue weighted by atomic mass is 19.4. The molecular weight excluding hydrogens is 467 g/mol. The molecule has 36 heavy (non-hydrogen) atoms. The van der Waals surface area contributed by atoms with Gasteiger partial charge in [-0.15, -0.1) is 0 Å². The van der Waals surface area contributed by atoms with E-state index in [0.717, 1.165) is 50.8 Å². The second kappa shape index (κ2) is 10.3. The average Bonchev–Trinajstić information content (AvgIpc) is 3.25. The van der Waals surface area contributed by atoms with Gasteiger partial charge in [0.1, 0.15) is 5.72 Å². The first-order valence-electron chi connectivity index (χ1n) is 13.8. The summed E-state index contributed by atoms with van der Waals surface area (Å²) < 4.78 is 45.8. The lowest BCUT2D eigenvalue weighted by Crippen LogP contribution is -2.63.